The molecule has 1 N–H and O–H groups in total. The number of amides is 2. The lowest BCUT2D eigenvalue weighted by atomic mass is 10.0. The Morgan fingerprint density at radius 1 is 0.917 bits per heavy atom. The number of thiophene rings is 1. The van der Waals surface area contributed by atoms with Crippen molar-refractivity contribution in [1.29, 1.82) is 0 Å². The molecule has 0 saturated carbocycles. The van der Waals surface area contributed by atoms with Crippen molar-refractivity contribution < 1.29 is 14.0 Å². The minimum absolute atomic E-state index is 0.183. The molecule has 0 radical (unpaired) electrons. The SMILES string of the molecule is Cc1cccc(F)c1NC(=O)c1cc2c(s1)-c1ccccc1N(C(=O)c1cccc(N(C)Cc3cccc(-c4ccncc4)c3)n1)CC2. The molecule has 238 valence electrons. The van der Waals surface area contributed by atoms with Gasteiger partial charge in [-0.25, -0.2) is 9.37 Å². The molecule has 2 amide bonds. The molecule has 0 atom stereocenters. The van der Waals surface area contributed by atoms with Crippen LogP contribution in [0.4, 0.5) is 21.6 Å². The number of aromatic nitrogens is 2. The van der Waals surface area contributed by atoms with Crippen molar-refractivity contribution in [2.45, 2.75) is 19.9 Å². The lowest BCUT2D eigenvalue weighted by Crippen LogP contribution is -2.33. The number of pyridine rings is 2. The molecular formula is C39H32FN5O2S. The Morgan fingerprint density at radius 3 is 2.54 bits per heavy atom. The quantitative estimate of drug-likeness (QED) is 0.187. The number of aryl methyl sites for hydroxylation is 1. The number of benzene rings is 3. The van der Waals surface area contributed by atoms with Gasteiger partial charge in [-0.2, -0.15) is 0 Å². The summed E-state index contributed by atoms with van der Waals surface area (Å²) in [7, 11) is 1.97. The number of halogens is 1. The topological polar surface area (TPSA) is 78.4 Å². The summed E-state index contributed by atoms with van der Waals surface area (Å²) >= 11 is 1.35. The third-order valence-electron chi connectivity index (χ3n) is 8.49. The van der Waals surface area contributed by atoms with Crippen LogP contribution in [0.15, 0.2) is 116 Å². The summed E-state index contributed by atoms with van der Waals surface area (Å²) in [5.41, 5.74) is 7.11. The zero-order chi connectivity index (χ0) is 33.2. The first kappa shape index (κ1) is 31.0. The minimum atomic E-state index is -0.472. The largest absolute Gasteiger partial charge is 0.355 e. The monoisotopic (exact) mass is 653 g/mol. The van der Waals surface area contributed by atoms with Crippen molar-refractivity contribution in [2.75, 3.05) is 28.7 Å². The molecular weight excluding hydrogens is 622 g/mol. The Bertz CT molecular complexity index is 2130. The van der Waals surface area contributed by atoms with Crippen molar-refractivity contribution in [2.24, 2.45) is 0 Å². The number of nitrogens with one attached hydrogen (secondary N) is 1. The lowest BCUT2D eigenvalue weighted by molar-refractivity contribution is 0.0981. The highest BCUT2D eigenvalue weighted by atomic mass is 32.1. The molecule has 0 saturated heterocycles. The molecule has 9 heteroatoms. The first-order valence-electron chi connectivity index (χ1n) is 15.6. The maximum absolute atomic E-state index is 14.4. The molecule has 0 aliphatic carbocycles. The van der Waals surface area contributed by atoms with Gasteiger partial charge in [0.1, 0.15) is 17.3 Å². The van der Waals surface area contributed by atoms with Gasteiger partial charge in [0.15, 0.2) is 0 Å². The fraction of sp³-hybridized carbons (Fsp3) is 0.128. The van der Waals surface area contributed by atoms with Crippen LogP contribution in [0.1, 0.15) is 36.9 Å². The van der Waals surface area contributed by atoms with E-state index in [1.807, 2.05) is 72.6 Å². The molecule has 3 aromatic heterocycles. The van der Waals surface area contributed by atoms with Gasteiger partial charge in [0.25, 0.3) is 11.8 Å². The molecule has 7 nitrogen and oxygen atoms in total. The van der Waals surface area contributed by atoms with Crippen LogP contribution in [0, 0.1) is 12.7 Å². The van der Waals surface area contributed by atoms with Crippen LogP contribution in [-0.2, 0) is 13.0 Å². The van der Waals surface area contributed by atoms with E-state index < -0.39 is 5.82 Å². The summed E-state index contributed by atoms with van der Waals surface area (Å²) in [4.78, 5) is 41.5. The molecule has 3 aromatic carbocycles. The van der Waals surface area contributed by atoms with E-state index in [4.69, 9.17) is 4.98 Å². The van der Waals surface area contributed by atoms with Crippen molar-refractivity contribution in [1.82, 2.24) is 9.97 Å². The van der Waals surface area contributed by atoms with Crippen LogP contribution in [0.5, 0.6) is 0 Å². The summed E-state index contributed by atoms with van der Waals surface area (Å²) in [5, 5.41) is 2.75. The summed E-state index contributed by atoms with van der Waals surface area (Å²) in [5.74, 6) is -0.334. The number of para-hydroxylation sites is 2. The normalized spacial score (nSPS) is 12.1. The smallest absolute Gasteiger partial charge is 0.276 e. The Morgan fingerprint density at radius 2 is 1.71 bits per heavy atom. The second kappa shape index (κ2) is 13.2. The van der Waals surface area contributed by atoms with Crippen molar-refractivity contribution >= 4 is 40.3 Å². The lowest BCUT2D eigenvalue weighted by Gasteiger charge is -2.24. The highest BCUT2D eigenvalue weighted by Crippen LogP contribution is 2.42. The third kappa shape index (κ3) is 6.20. The number of fused-ring (bicyclic) bond motifs is 3. The molecule has 0 unspecified atom stereocenters. The van der Waals surface area contributed by atoms with Crippen molar-refractivity contribution in [3.8, 4) is 21.6 Å². The van der Waals surface area contributed by atoms with Crippen LogP contribution in [0.25, 0.3) is 21.6 Å². The maximum atomic E-state index is 14.4. The highest BCUT2D eigenvalue weighted by molar-refractivity contribution is 7.17. The van der Waals surface area contributed by atoms with Gasteiger partial charge in [0.2, 0.25) is 0 Å². The Balaban J connectivity index is 1.12. The first-order chi connectivity index (χ1) is 23.4. The van der Waals surface area contributed by atoms with Gasteiger partial charge >= 0.3 is 0 Å². The van der Waals surface area contributed by atoms with E-state index in [2.05, 4.69) is 28.5 Å². The van der Waals surface area contributed by atoms with Crippen LogP contribution < -0.4 is 15.1 Å². The number of anilines is 3. The van der Waals surface area contributed by atoms with E-state index in [1.54, 1.807) is 42.4 Å². The molecule has 7 rings (SSSR count). The number of carbonyl (C=O) groups is 2. The van der Waals surface area contributed by atoms with Crippen LogP contribution in [0.3, 0.4) is 0 Å². The summed E-state index contributed by atoms with van der Waals surface area (Å²) in [6.07, 6.45) is 4.12. The number of carbonyl (C=O) groups excluding carboxylic acids is 2. The van der Waals surface area contributed by atoms with Crippen LogP contribution in [0.2, 0.25) is 0 Å². The molecule has 6 aromatic rings. The zero-order valence-corrected chi connectivity index (χ0v) is 27.3. The van der Waals surface area contributed by atoms with E-state index in [0.717, 1.165) is 38.4 Å². The van der Waals surface area contributed by atoms with E-state index in [9.17, 15) is 14.0 Å². The molecule has 1 aliphatic heterocycles. The number of hydrogen-bond acceptors (Lipinski definition) is 6. The second-order valence-corrected chi connectivity index (χ2v) is 12.8. The van der Waals surface area contributed by atoms with Gasteiger partial charge in [-0.15, -0.1) is 11.3 Å². The molecule has 48 heavy (non-hydrogen) atoms. The summed E-state index contributed by atoms with van der Waals surface area (Å²) < 4.78 is 14.4. The van der Waals surface area contributed by atoms with Gasteiger partial charge in [0, 0.05) is 43.0 Å². The fourth-order valence-corrected chi connectivity index (χ4v) is 7.17. The summed E-state index contributed by atoms with van der Waals surface area (Å²) in [6.45, 7) is 2.79. The molecule has 0 spiro atoms. The van der Waals surface area contributed by atoms with Gasteiger partial charge < -0.3 is 15.1 Å². The Labute approximate surface area is 282 Å². The second-order valence-electron chi connectivity index (χ2n) is 11.7. The highest BCUT2D eigenvalue weighted by Gasteiger charge is 2.28. The predicted molar refractivity (Wildman–Crippen MR) is 190 cm³/mol. The first-order valence-corrected chi connectivity index (χ1v) is 16.5. The van der Waals surface area contributed by atoms with Crippen LogP contribution >= 0.6 is 11.3 Å². The molecule has 0 bridgehead atoms. The fourth-order valence-electron chi connectivity index (χ4n) is 6.03. The minimum Gasteiger partial charge on any atom is -0.355 e. The van der Waals surface area contributed by atoms with E-state index >= 15 is 0 Å². The average Bonchev–Trinajstić information content (AvgIpc) is 3.48. The Kier molecular flexibility index (Phi) is 8.52. The maximum Gasteiger partial charge on any atom is 0.276 e. The molecule has 1 aliphatic rings. The van der Waals surface area contributed by atoms with Crippen molar-refractivity contribution in [3.63, 3.8) is 0 Å². The zero-order valence-electron chi connectivity index (χ0n) is 26.5. The van der Waals surface area contributed by atoms with E-state index in [1.165, 1.54) is 17.4 Å². The average molecular weight is 654 g/mol. The molecule has 0 fully saturated rings. The van der Waals surface area contributed by atoms with E-state index in [-0.39, 0.29) is 17.5 Å². The number of hydrogen-bond donors (Lipinski definition) is 1. The van der Waals surface area contributed by atoms with Gasteiger partial charge in [-0.05, 0) is 89.7 Å². The van der Waals surface area contributed by atoms with E-state index in [0.29, 0.717) is 41.5 Å². The van der Waals surface area contributed by atoms with Gasteiger partial charge in [-0.1, -0.05) is 54.6 Å². The number of nitrogens with zero attached hydrogens (tertiary/aromatic N) is 4. The standard InChI is InChI=1S/C39H32FN5O2S/c1-25-8-5-12-31(40)36(25)43-38(46)34-23-29-18-21-45(33-14-4-3-11-30(33)37(29)48-34)39(47)32-13-7-15-35(42-32)44(2)24-26-9-6-10-28(22-26)27-16-19-41-20-17-27/h3-17,19-20,22-23H,18,21,24H2,1-2H3,(H,43,46). The third-order valence-corrected chi connectivity index (χ3v) is 9.70. The summed E-state index contributed by atoms with van der Waals surface area (Å²) in [6, 6.07) is 32.2. The number of rotatable bonds is 7. The van der Waals surface area contributed by atoms with Gasteiger partial charge in [-0.3, -0.25) is 14.6 Å². The van der Waals surface area contributed by atoms with Crippen LogP contribution in [-0.4, -0.2) is 35.4 Å². The van der Waals surface area contributed by atoms with Gasteiger partial charge in [0.05, 0.1) is 16.3 Å². The molecule has 4 heterocycles. The van der Waals surface area contributed by atoms with Crippen molar-refractivity contribution in [3.05, 3.63) is 149 Å². The Hall–Kier alpha value is -5.67. The predicted octanol–water partition coefficient (Wildman–Crippen LogP) is 8.41.